The summed E-state index contributed by atoms with van der Waals surface area (Å²) in [5.74, 6) is 0.259. The highest BCUT2D eigenvalue weighted by molar-refractivity contribution is 14.1. The summed E-state index contributed by atoms with van der Waals surface area (Å²) >= 11 is 2.02. The quantitative estimate of drug-likeness (QED) is 0.762. The molecule has 1 aromatic carbocycles. The molecule has 11 heavy (non-hydrogen) atoms. The highest BCUT2D eigenvalue weighted by atomic mass is 127. The minimum absolute atomic E-state index is 0.259. The van der Waals surface area contributed by atoms with Crippen molar-refractivity contribution >= 4 is 22.6 Å². The summed E-state index contributed by atoms with van der Waals surface area (Å²) in [6.45, 7) is 1.70. The molecular weight excluding hydrogens is 255 g/mol. The molecular formula is C8H9IO2. The zero-order valence-electron chi connectivity index (χ0n) is 6.08. The highest BCUT2D eigenvalue weighted by Gasteiger charge is 2.02. The zero-order chi connectivity index (χ0) is 8.43. The molecule has 0 fully saturated rings. The Morgan fingerprint density at radius 1 is 1.45 bits per heavy atom. The smallest absolute Gasteiger partial charge is 0.128 e. The molecule has 0 aliphatic heterocycles. The van der Waals surface area contributed by atoms with Gasteiger partial charge in [-0.15, -0.1) is 0 Å². The third-order valence-corrected chi connectivity index (χ3v) is 2.32. The van der Waals surface area contributed by atoms with Crippen molar-refractivity contribution in [1.29, 1.82) is 0 Å². The molecule has 0 amide bonds. The summed E-state index contributed by atoms with van der Waals surface area (Å²) in [6, 6.07) is 5.06. The molecule has 2 nitrogen and oxygen atoms in total. The van der Waals surface area contributed by atoms with Crippen LogP contribution in [0.3, 0.4) is 0 Å². The number of phenols is 1. The Hall–Kier alpha value is -0.290. The van der Waals surface area contributed by atoms with E-state index < -0.39 is 6.10 Å². The van der Waals surface area contributed by atoms with Crippen molar-refractivity contribution in [1.82, 2.24) is 0 Å². The Balaban J connectivity index is 3.05. The SMILES string of the molecule is CC(O)c1ccc(O)c(I)c1. The number of benzene rings is 1. The van der Waals surface area contributed by atoms with E-state index in [1.54, 1.807) is 25.1 Å². The first-order chi connectivity index (χ1) is 5.11. The lowest BCUT2D eigenvalue weighted by molar-refractivity contribution is 0.199. The second-order valence-corrected chi connectivity index (χ2v) is 3.55. The molecule has 0 saturated carbocycles. The normalized spacial score (nSPS) is 13.0. The number of phenolic OH excluding ortho intramolecular Hbond substituents is 1. The van der Waals surface area contributed by atoms with Crippen LogP contribution in [0.1, 0.15) is 18.6 Å². The number of aliphatic hydroxyl groups excluding tert-OH is 1. The molecule has 0 bridgehead atoms. The number of aromatic hydroxyl groups is 1. The van der Waals surface area contributed by atoms with Crippen LogP contribution in [0, 0.1) is 3.57 Å². The fraction of sp³-hybridized carbons (Fsp3) is 0.250. The van der Waals surface area contributed by atoms with Crippen molar-refractivity contribution in [3.05, 3.63) is 27.3 Å². The van der Waals surface area contributed by atoms with E-state index in [-0.39, 0.29) is 5.75 Å². The molecule has 0 aromatic heterocycles. The van der Waals surface area contributed by atoms with Gasteiger partial charge in [-0.25, -0.2) is 0 Å². The van der Waals surface area contributed by atoms with E-state index in [4.69, 9.17) is 10.2 Å². The van der Waals surface area contributed by atoms with Crippen molar-refractivity contribution in [3.8, 4) is 5.75 Å². The van der Waals surface area contributed by atoms with Gasteiger partial charge in [0.05, 0.1) is 9.67 Å². The van der Waals surface area contributed by atoms with Crippen LogP contribution >= 0.6 is 22.6 Å². The maximum atomic E-state index is 9.15. The van der Waals surface area contributed by atoms with Crippen molar-refractivity contribution in [2.75, 3.05) is 0 Å². The van der Waals surface area contributed by atoms with E-state index in [1.165, 1.54) is 0 Å². The van der Waals surface area contributed by atoms with E-state index in [2.05, 4.69) is 0 Å². The predicted octanol–water partition coefficient (Wildman–Crippen LogP) is 2.05. The summed E-state index contributed by atoms with van der Waals surface area (Å²) in [7, 11) is 0. The third kappa shape index (κ3) is 2.07. The van der Waals surface area contributed by atoms with Crippen LogP contribution in [0.25, 0.3) is 0 Å². The van der Waals surface area contributed by atoms with Crippen LogP contribution in [0.5, 0.6) is 5.75 Å². The minimum Gasteiger partial charge on any atom is -0.507 e. The van der Waals surface area contributed by atoms with Crippen LogP contribution < -0.4 is 0 Å². The Labute approximate surface area is 79.0 Å². The number of halogens is 1. The first kappa shape index (κ1) is 8.80. The fourth-order valence-electron chi connectivity index (χ4n) is 0.783. The van der Waals surface area contributed by atoms with Crippen molar-refractivity contribution < 1.29 is 10.2 Å². The summed E-state index contributed by atoms with van der Waals surface area (Å²) in [5.41, 5.74) is 0.826. The van der Waals surface area contributed by atoms with Gasteiger partial charge < -0.3 is 10.2 Å². The number of hydrogen-bond donors (Lipinski definition) is 2. The highest BCUT2D eigenvalue weighted by Crippen LogP contribution is 2.23. The minimum atomic E-state index is -0.468. The van der Waals surface area contributed by atoms with E-state index in [0.29, 0.717) is 0 Å². The molecule has 1 unspecified atom stereocenters. The second-order valence-electron chi connectivity index (χ2n) is 2.39. The number of rotatable bonds is 1. The van der Waals surface area contributed by atoms with E-state index in [0.717, 1.165) is 9.13 Å². The molecule has 1 atom stereocenters. The maximum Gasteiger partial charge on any atom is 0.128 e. The average Bonchev–Trinajstić information content (AvgIpc) is 1.94. The monoisotopic (exact) mass is 264 g/mol. The van der Waals surface area contributed by atoms with Crippen LogP contribution in [-0.4, -0.2) is 10.2 Å². The zero-order valence-corrected chi connectivity index (χ0v) is 8.24. The summed E-state index contributed by atoms with van der Waals surface area (Å²) in [4.78, 5) is 0. The summed E-state index contributed by atoms with van der Waals surface area (Å²) in [6.07, 6.45) is -0.468. The standard InChI is InChI=1S/C8H9IO2/c1-5(10)6-2-3-8(11)7(9)4-6/h2-5,10-11H,1H3. The molecule has 1 rings (SSSR count). The van der Waals surface area contributed by atoms with Gasteiger partial charge in [0.25, 0.3) is 0 Å². The molecule has 3 heteroatoms. The lowest BCUT2D eigenvalue weighted by atomic mass is 10.1. The van der Waals surface area contributed by atoms with Gasteiger partial charge in [0.2, 0.25) is 0 Å². The van der Waals surface area contributed by atoms with Crippen LogP contribution in [-0.2, 0) is 0 Å². The maximum absolute atomic E-state index is 9.15. The van der Waals surface area contributed by atoms with Crippen LogP contribution in [0.2, 0.25) is 0 Å². The second kappa shape index (κ2) is 3.40. The predicted molar refractivity (Wildman–Crippen MR) is 51.5 cm³/mol. The van der Waals surface area contributed by atoms with E-state index in [1.807, 2.05) is 22.6 Å². The Morgan fingerprint density at radius 3 is 2.55 bits per heavy atom. The Kier molecular flexibility index (Phi) is 2.72. The first-order valence-corrected chi connectivity index (χ1v) is 4.35. The van der Waals surface area contributed by atoms with Crippen molar-refractivity contribution in [2.24, 2.45) is 0 Å². The first-order valence-electron chi connectivity index (χ1n) is 3.27. The average molecular weight is 264 g/mol. The molecule has 60 valence electrons. The van der Waals surface area contributed by atoms with Crippen molar-refractivity contribution in [2.45, 2.75) is 13.0 Å². The molecule has 0 radical (unpaired) electrons. The molecule has 0 aliphatic carbocycles. The van der Waals surface area contributed by atoms with Gasteiger partial charge in [-0.3, -0.25) is 0 Å². The van der Waals surface area contributed by atoms with Gasteiger partial charge in [-0.2, -0.15) is 0 Å². The van der Waals surface area contributed by atoms with Gasteiger partial charge in [-0.05, 0) is 47.2 Å². The molecule has 2 N–H and O–H groups in total. The van der Waals surface area contributed by atoms with Gasteiger partial charge in [-0.1, -0.05) is 6.07 Å². The largest absolute Gasteiger partial charge is 0.507 e. The summed E-state index contributed by atoms with van der Waals surface area (Å²) in [5, 5.41) is 18.3. The molecule has 0 heterocycles. The van der Waals surface area contributed by atoms with Gasteiger partial charge in [0.15, 0.2) is 0 Å². The van der Waals surface area contributed by atoms with Gasteiger partial charge >= 0.3 is 0 Å². The van der Waals surface area contributed by atoms with Gasteiger partial charge in [0.1, 0.15) is 5.75 Å². The topological polar surface area (TPSA) is 40.5 Å². The Morgan fingerprint density at radius 2 is 2.09 bits per heavy atom. The van der Waals surface area contributed by atoms with E-state index >= 15 is 0 Å². The number of aliphatic hydroxyl groups is 1. The third-order valence-electron chi connectivity index (χ3n) is 1.45. The van der Waals surface area contributed by atoms with Crippen LogP contribution in [0.4, 0.5) is 0 Å². The lowest BCUT2D eigenvalue weighted by Crippen LogP contribution is -1.90. The Bertz CT molecular complexity index is 258. The molecule has 0 spiro atoms. The summed E-state index contributed by atoms with van der Waals surface area (Å²) < 4.78 is 0.765. The van der Waals surface area contributed by atoms with Crippen molar-refractivity contribution in [3.63, 3.8) is 0 Å². The molecule has 1 aromatic rings. The number of hydrogen-bond acceptors (Lipinski definition) is 2. The molecule has 0 aliphatic rings. The molecule has 0 saturated heterocycles. The lowest BCUT2D eigenvalue weighted by Gasteiger charge is -2.05. The van der Waals surface area contributed by atoms with E-state index in [9.17, 15) is 0 Å². The van der Waals surface area contributed by atoms with Gasteiger partial charge in [0, 0.05) is 0 Å². The fourth-order valence-corrected chi connectivity index (χ4v) is 1.32. The van der Waals surface area contributed by atoms with Crippen LogP contribution in [0.15, 0.2) is 18.2 Å².